The lowest BCUT2D eigenvalue weighted by Crippen LogP contribution is -2.28. The highest BCUT2D eigenvalue weighted by Crippen LogP contribution is 2.33. The minimum absolute atomic E-state index is 0.506. The van der Waals surface area contributed by atoms with Gasteiger partial charge in [-0.25, -0.2) is 0 Å². The van der Waals surface area contributed by atoms with E-state index in [1.807, 2.05) is 6.26 Å². The molecule has 2 rings (SSSR count). The van der Waals surface area contributed by atoms with Crippen LogP contribution in [0.3, 0.4) is 0 Å². The summed E-state index contributed by atoms with van der Waals surface area (Å²) in [5.41, 5.74) is 1.34. The third kappa shape index (κ3) is 3.60. The van der Waals surface area contributed by atoms with E-state index in [1.54, 1.807) is 6.26 Å². The van der Waals surface area contributed by atoms with Crippen LogP contribution >= 0.6 is 0 Å². The average molecular weight is 235 g/mol. The number of rotatable bonds is 5. The number of hydrogen-bond acceptors (Lipinski definition) is 2. The van der Waals surface area contributed by atoms with Crippen molar-refractivity contribution in [2.75, 3.05) is 6.54 Å². The minimum atomic E-state index is 0.506. The summed E-state index contributed by atoms with van der Waals surface area (Å²) >= 11 is 0. The third-order valence-corrected chi connectivity index (χ3v) is 3.89. The first-order valence-electron chi connectivity index (χ1n) is 7.17. The molecule has 96 valence electrons. The molecule has 0 amide bonds. The number of nitrogens with one attached hydrogen (secondary N) is 1. The van der Waals surface area contributed by atoms with Crippen LogP contribution in [-0.4, -0.2) is 6.54 Å². The van der Waals surface area contributed by atoms with E-state index in [0.717, 1.165) is 12.5 Å². The van der Waals surface area contributed by atoms with Crippen molar-refractivity contribution in [2.45, 2.75) is 57.9 Å². The predicted octanol–water partition coefficient (Wildman–Crippen LogP) is 4.29. The highest BCUT2D eigenvalue weighted by molar-refractivity contribution is 5.13. The molecule has 0 bridgehead atoms. The first-order valence-corrected chi connectivity index (χ1v) is 7.17. The minimum Gasteiger partial charge on any atom is -0.472 e. The second-order valence-electron chi connectivity index (χ2n) is 5.24. The van der Waals surface area contributed by atoms with Crippen LogP contribution in [0, 0.1) is 5.92 Å². The van der Waals surface area contributed by atoms with E-state index < -0.39 is 0 Å². The summed E-state index contributed by atoms with van der Waals surface area (Å²) in [6, 6.07) is 2.63. The van der Waals surface area contributed by atoms with Crippen molar-refractivity contribution in [3.63, 3.8) is 0 Å². The molecule has 1 aromatic rings. The van der Waals surface area contributed by atoms with Gasteiger partial charge in [0.2, 0.25) is 0 Å². The molecule has 1 aromatic heterocycles. The van der Waals surface area contributed by atoms with E-state index in [1.165, 1.54) is 50.5 Å². The SMILES string of the molecule is CCCNC(c1ccoc1)C1CCCCCC1. The topological polar surface area (TPSA) is 25.2 Å². The molecule has 0 aromatic carbocycles. The van der Waals surface area contributed by atoms with Crippen molar-refractivity contribution in [1.29, 1.82) is 0 Å². The summed E-state index contributed by atoms with van der Waals surface area (Å²) in [6.45, 7) is 3.33. The quantitative estimate of drug-likeness (QED) is 0.770. The lowest BCUT2D eigenvalue weighted by molar-refractivity contribution is 0.324. The van der Waals surface area contributed by atoms with Crippen molar-refractivity contribution >= 4 is 0 Å². The van der Waals surface area contributed by atoms with Gasteiger partial charge in [-0.1, -0.05) is 32.6 Å². The molecule has 1 fully saturated rings. The average Bonchev–Trinajstić information content (AvgIpc) is 2.73. The maximum atomic E-state index is 5.26. The molecular formula is C15H25NO. The largest absolute Gasteiger partial charge is 0.472 e. The first kappa shape index (κ1) is 12.7. The van der Waals surface area contributed by atoms with Gasteiger partial charge in [-0.3, -0.25) is 0 Å². The van der Waals surface area contributed by atoms with E-state index in [4.69, 9.17) is 4.42 Å². The Bertz CT molecular complexity index is 286. The Morgan fingerprint density at radius 3 is 2.65 bits per heavy atom. The van der Waals surface area contributed by atoms with Gasteiger partial charge in [0.15, 0.2) is 0 Å². The maximum absolute atomic E-state index is 5.26. The Morgan fingerprint density at radius 1 is 1.29 bits per heavy atom. The molecule has 0 spiro atoms. The second kappa shape index (κ2) is 6.85. The van der Waals surface area contributed by atoms with Crippen LogP contribution in [0.4, 0.5) is 0 Å². The zero-order valence-corrected chi connectivity index (χ0v) is 11.0. The molecule has 0 radical (unpaired) electrons. The summed E-state index contributed by atoms with van der Waals surface area (Å²) in [7, 11) is 0. The van der Waals surface area contributed by atoms with Crippen LogP contribution in [0.1, 0.15) is 63.5 Å². The van der Waals surface area contributed by atoms with Crippen LogP contribution in [0.15, 0.2) is 23.0 Å². The van der Waals surface area contributed by atoms with Crippen LogP contribution < -0.4 is 5.32 Å². The Kier molecular flexibility index (Phi) is 5.11. The van der Waals surface area contributed by atoms with Crippen LogP contribution in [0.5, 0.6) is 0 Å². The molecule has 1 saturated carbocycles. The second-order valence-corrected chi connectivity index (χ2v) is 5.24. The van der Waals surface area contributed by atoms with Crippen LogP contribution in [-0.2, 0) is 0 Å². The Balaban J connectivity index is 2.02. The van der Waals surface area contributed by atoms with Crippen molar-refractivity contribution in [3.05, 3.63) is 24.2 Å². The van der Waals surface area contributed by atoms with Crippen molar-refractivity contribution in [2.24, 2.45) is 5.92 Å². The molecule has 1 heterocycles. The van der Waals surface area contributed by atoms with Gasteiger partial charge in [0, 0.05) is 11.6 Å². The van der Waals surface area contributed by atoms with Gasteiger partial charge in [0.25, 0.3) is 0 Å². The van der Waals surface area contributed by atoms with Crippen molar-refractivity contribution in [1.82, 2.24) is 5.32 Å². The molecule has 2 nitrogen and oxygen atoms in total. The fourth-order valence-electron chi connectivity index (χ4n) is 2.95. The molecular weight excluding hydrogens is 210 g/mol. The number of furan rings is 1. The lowest BCUT2D eigenvalue weighted by Gasteiger charge is -2.26. The summed E-state index contributed by atoms with van der Waals surface area (Å²) in [4.78, 5) is 0. The van der Waals surface area contributed by atoms with E-state index in [2.05, 4.69) is 18.3 Å². The summed E-state index contributed by atoms with van der Waals surface area (Å²) in [5.74, 6) is 0.793. The molecule has 1 N–H and O–H groups in total. The van der Waals surface area contributed by atoms with E-state index in [0.29, 0.717) is 6.04 Å². The zero-order valence-electron chi connectivity index (χ0n) is 11.0. The van der Waals surface area contributed by atoms with Crippen molar-refractivity contribution < 1.29 is 4.42 Å². The Labute approximate surface area is 105 Å². The summed E-state index contributed by atoms with van der Waals surface area (Å²) < 4.78 is 5.26. The van der Waals surface area contributed by atoms with Gasteiger partial charge in [0.05, 0.1) is 12.5 Å². The van der Waals surface area contributed by atoms with E-state index >= 15 is 0 Å². The van der Waals surface area contributed by atoms with Crippen LogP contribution in [0.25, 0.3) is 0 Å². The Morgan fingerprint density at radius 2 is 2.06 bits per heavy atom. The molecule has 0 saturated heterocycles. The molecule has 1 aliphatic carbocycles. The predicted molar refractivity (Wildman–Crippen MR) is 70.9 cm³/mol. The number of hydrogen-bond donors (Lipinski definition) is 1. The maximum Gasteiger partial charge on any atom is 0.0950 e. The molecule has 1 unspecified atom stereocenters. The first-order chi connectivity index (χ1) is 8.42. The van der Waals surface area contributed by atoms with Gasteiger partial charge >= 0.3 is 0 Å². The monoisotopic (exact) mass is 235 g/mol. The molecule has 2 heteroatoms. The summed E-state index contributed by atoms with van der Waals surface area (Å²) in [5, 5.41) is 3.71. The summed E-state index contributed by atoms with van der Waals surface area (Å²) in [6.07, 6.45) is 13.3. The lowest BCUT2D eigenvalue weighted by atomic mass is 9.88. The van der Waals surface area contributed by atoms with Crippen molar-refractivity contribution in [3.8, 4) is 0 Å². The van der Waals surface area contributed by atoms with E-state index in [9.17, 15) is 0 Å². The zero-order chi connectivity index (χ0) is 11.9. The van der Waals surface area contributed by atoms with Gasteiger partial charge in [0.1, 0.15) is 0 Å². The fraction of sp³-hybridized carbons (Fsp3) is 0.733. The van der Waals surface area contributed by atoms with E-state index in [-0.39, 0.29) is 0 Å². The Hall–Kier alpha value is -0.760. The third-order valence-electron chi connectivity index (χ3n) is 3.89. The standard InChI is InChI=1S/C15H25NO/c1-2-10-16-15(14-9-11-17-12-14)13-7-5-3-4-6-8-13/h9,11-13,15-16H,2-8,10H2,1H3. The van der Waals surface area contributed by atoms with Gasteiger partial charge < -0.3 is 9.73 Å². The van der Waals surface area contributed by atoms with Gasteiger partial charge in [-0.15, -0.1) is 0 Å². The van der Waals surface area contributed by atoms with Gasteiger partial charge in [-0.2, -0.15) is 0 Å². The highest BCUT2D eigenvalue weighted by Gasteiger charge is 2.24. The molecule has 0 aliphatic heterocycles. The van der Waals surface area contributed by atoms with Crippen LogP contribution in [0.2, 0.25) is 0 Å². The van der Waals surface area contributed by atoms with Gasteiger partial charge in [-0.05, 0) is 37.8 Å². The highest BCUT2D eigenvalue weighted by atomic mass is 16.3. The fourth-order valence-corrected chi connectivity index (χ4v) is 2.95. The molecule has 1 aliphatic rings. The smallest absolute Gasteiger partial charge is 0.0950 e. The molecule has 1 atom stereocenters. The molecule has 17 heavy (non-hydrogen) atoms. The normalized spacial score (nSPS) is 20.1.